The molecule has 0 heterocycles. The third-order valence-electron chi connectivity index (χ3n) is 2.20. The van der Waals surface area contributed by atoms with Crippen molar-refractivity contribution in [3.63, 3.8) is 0 Å². The van der Waals surface area contributed by atoms with Gasteiger partial charge in [0.2, 0.25) is 0 Å². The van der Waals surface area contributed by atoms with Gasteiger partial charge in [-0.1, -0.05) is 59.8 Å². The van der Waals surface area contributed by atoms with E-state index in [0.29, 0.717) is 6.42 Å². The first-order valence-corrected chi connectivity index (χ1v) is 7.11. The minimum Gasteiger partial charge on any atom is -0.542 e. The van der Waals surface area contributed by atoms with Crippen LogP contribution in [0.25, 0.3) is 0 Å². The van der Waals surface area contributed by atoms with Crippen LogP contribution in [0.1, 0.15) is 87.0 Å². The molecule has 0 saturated heterocycles. The summed E-state index contributed by atoms with van der Waals surface area (Å²) in [7, 11) is 0. The molecule has 0 atom stereocenters. The third-order valence-corrected chi connectivity index (χ3v) is 2.20. The first-order chi connectivity index (χ1) is 7.99. The fourth-order valence-corrected chi connectivity index (χ4v) is 1.21. The molecule has 0 fully saturated rings. The quantitative estimate of drug-likeness (QED) is 0.443. The Kier molecular flexibility index (Phi) is 39.7. The average molecular weight is 480 g/mol. The molecular weight excluding hydrogens is 446 g/mol. The molecule has 0 aromatic rings. The van der Waals surface area contributed by atoms with E-state index in [2.05, 4.69) is 41.5 Å². The third kappa shape index (κ3) is 43.7. The van der Waals surface area contributed by atoms with Crippen LogP contribution < -0.4 is 0 Å². The van der Waals surface area contributed by atoms with Gasteiger partial charge in [0.1, 0.15) is 0 Å². The molecule has 0 radical (unpaired) electrons. The topological polar surface area (TPSA) is 17.1 Å². The van der Waals surface area contributed by atoms with Gasteiger partial charge in [-0.2, -0.15) is 27.2 Å². The molecule has 2 heteroatoms. The maximum absolute atomic E-state index is 9.28. The maximum Gasteiger partial charge on any atom is 2.00 e. The molecule has 18 heavy (non-hydrogen) atoms. The zero-order chi connectivity index (χ0) is 14.1. The Morgan fingerprint density at radius 2 is 1.33 bits per heavy atom. The number of rotatable bonds is 6. The summed E-state index contributed by atoms with van der Waals surface area (Å²) in [6.45, 7) is 15.0. The van der Waals surface area contributed by atoms with Gasteiger partial charge in [-0.25, -0.2) is 0 Å². The molecule has 0 spiro atoms. The SMILES string of the molecule is CCCC(CC)CC.CCC[C-]=O.C[C-](C)C.[U+2]. The van der Waals surface area contributed by atoms with E-state index < -0.39 is 0 Å². The largest absolute Gasteiger partial charge is 2.00 e. The summed E-state index contributed by atoms with van der Waals surface area (Å²) in [5, 5.41) is 0. The van der Waals surface area contributed by atoms with E-state index >= 15 is 0 Å². The van der Waals surface area contributed by atoms with Gasteiger partial charge >= 0.3 is 31.1 Å². The van der Waals surface area contributed by atoms with E-state index in [4.69, 9.17) is 0 Å². The predicted molar refractivity (Wildman–Crippen MR) is 79.8 cm³/mol. The predicted octanol–water partition coefficient (Wildman–Crippen LogP) is 5.74. The van der Waals surface area contributed by atoms with E-state index in [9.17, 15) is 4.79 Å². The minimum absolute atomic E-state index is 0. The molecular formula is C16H34OU. The molecule has 108 valence electrons. The van der Waals surface area contributed by atoms with Crippen molar-refractivity contribution in [2.45, 2.75) is 87.0 Å². The smallest absolute Gasteiger partial charge is 0.542 e. The number of hydrogen-bond acceptors (Lipinski definition) is 1. The zero-order valence-electron chi connectivity index (χ0n) is 13.7. The fourth-order valence-electron chi connectivity index (χ4n) is 1.21. The van der Waals surface area contributed by atoms with E-state index in [1.807, 2.05) is 6.92 Å². The summed E-state index contributed by atoms with van der Waals surface area (Å²) >= 11 is 0. The van der Waals surface area contributed by atoms with Crippen LogP contribution in [0.5, 0.6) is 0 Å². The van der Waals surface area contributed by atoms with Crippen molar-refractivity contribution < 1.29 is 35.9 Å². The van der Waals surface area contributed by atoms with Gasteiger partial charge in [-0.3, -0.25) is 6.29 Å². The summed E-state index contributed by atoms with van der Waals surface area (Å²) < 4.78 is 0. The molecule has 0 saturated carbocycles. The Morgan fingerprint density at radius 3 is 1.39 bits per heavy atom. The molecule has 0 amide bonds. The van der Waals surface area contributed by atoms with Crippen molar-refractivity contribution in [1.29, 1.82) is 0 Å². The summed E-state index contributed by atoms with van der Waals surface area (Å²) in [6, 6.07) is 0. The van der Waals surface area contributed by atoms with Crippen molar-refractivity contribution in [2.24, 2.45) is 5.92 Å². The van der Waals surface area contributed by atoms with Gasteiger partial charge in [0, 0.05) is 0 Å². The van der Waals surface area contributed by atoms with Crippen molar-refractivity contribution >= 4 is 6.29 Å². The molecule has 1 nitrogen and oxygen atoms in total. The van der Waals surface area contributed by atoms with Crippen molar-refractivity contribution in [3.8, 4) is 0 Å². The molecule has 0 aliphatic carbocycles. The molecule has 0 aliphatic heterocycles. The zero-order valence-corrected chi connectivity index (χ0v) is 17.9. The second-order valence-electron chi connectivity index (χ2n) is 4.87. The van der Waals surface area contributed by atoms with Crippen LogP contribution in [0.4, 0.5) is 0 Å². The molecule has 0 N–H and O–H groups in total. The Balaban J connectivity index is -0.0000000855. The Bertz CT molecular complexity index is 118. The summed E-state index contributed by atoms with van der Waals surface area (Å²) in [5.41, 5.74) is 0. The molecule has 0 rings (SSSR count). The van der Waals surface area contributed by atoms with Gasteiger partial charge in [0.25, 0.3) is 0 Å². The van der Waals surface area contributed by atoms with Crippen LogP contribution in [0.3, 0.4) is 0 Å². The Labute approximate surface area is 140 Å². The van der Waals surface area contributed by atoms with Crippen LogP contribution in [-0.2, 0) is 4.79 Å². The second-order valence-corrected chi connectivity index (χ2v) is 4.87. The van der Waals surface area contributed by atoms with E-state index in [1.54, 1.807) is 6.29 Å². The van der Waals surface area contributed by atoms with Gasteiger partial charge in [0.05, 0.1) is 0 Å². The number of carbonyl (C=O) groups excluding carboxylic acids is 1. The number of hydrogen-bond donors (Lipinski definition) is 0. The minimum atomic E-state index is 0. The molecule has 0 unspecified atom stereocenters. The maximum atomic E-state index is 9.28. The van der Waals surface area contributed by atoms with Gasteiger partial charge in [-0.05, 0) is 5.92 Å². The van der Waals surface area contributed by atoms with E-state index in [1.165, 1.54) is 31.6 Å². The van der Waals surface area contributed by atoms with Crippen molar-refractivity contribution in [3.05, 3.63) is 5.92 Å². The van der Waals surface area contributed by atoms with Gasteiger partial charge in [0.15, 0.2) is 0 Å². The fraction of sp³-hybridized carbons (Fsp3) is 0.875. The number of unbranched alkanes of at least 4 members (excludes halogenated alkanes) is 1. The van der Waals surface area contributed by atoms with Crippen LogP contribution in [0.2, 0.25) is 0 Å². The second kappa shape index (κ2) is 26.3. The van der Waals surface area contributed by atoms with Crippen LogP contribution in [0, 0.1) is 42.9 Å². The van der Waals surface area contributed by atoms with E-state index in [0.717, 1.165) is 12.3 Å². The van der Waals surface area contributed by atoms with Gasteiger partial charge in [-0.15, -0.1) is 0 Å². The monoisotopic (exact) mass is 480 g/mol. The molecule has 0 aromatic heterocycles. The molecule has 0 aromatic carbocycles. The summed E-state index contributed by atoms with van der Waals surface area (Å²) in [4.78, 5) is 9.28. The molecule has 0 bridgehead atoms. The first-order valence-electron chi connectivity index (χ1n) is 7.11. The van der Waals surface area contributed by atoms with Crippen LogP contribution >= 0.6 is 0 Å². The first kappa shape index (κ1) is 27.1. The average Bonchev–Trinajstić information content (AvgIpc) is 2.27. The molecule has 0 aliphatic rings. The standard InChI is InChI=1S/C8H18.C4H7O.C4H9.U/c1-4-7-8(5-2)6-3;1-2-3-4-5;1-4(2)3;/h8H,4-7H2,1-3H3;2-3H2,1H3;1-3H3;/q;2*-1;+2. The van der Waals surface area contributed by atoms with Crippen molar-refractivity contribution in [1.82, 2.24) is 0 Å². The Hall–Kier alpha value is 0.722. The van der Waals surface area contributed by atoms with Crippen LogP contribution in [-0.4, -0.2) is 6.29 Å². The summed E-state index contributed by atoms with van der Waals surface area (Å²) in [6.07, 6.45) is 8.78. The van der Waals surface area contributed by atoms with E-state index in [-0.39, 0.29) is 31.1 Å². The van der Waals surface area contributed by atoms with Gasteiger partial charge < -0.3 is 10.7 Å². The summed E-state index contributed by atoms with van der Waals surface area (Å²) in [5.74, 6) is 2.42. The Morgan fingerprint density at radius 1 is 0.944 bits per heavy atom. The van der Waals surface area contributed by atoms with Crippen molar-refractivity contribution in [2.75, 3.05) is 0 Å². The normalized spacial score (nSPS) is 8.72. The van der Waals surface area contributed by atoms with Crippen LogP contribution in [0.15, 0.2) is 0 Å².